The second-order valence-corrected chi connectivity index (χ2v) is 1.84. The average molecular weight is 122 g/mol. The van der Waals surface area contributed by atoms with Crippen molar-refractivity contribution < 1.29 is 4.74 Å². The number of hydrogen-bond acceptors (Lipinski definition) is 2. The Hall–Kier alpha value is -0.240. The van der Waals surface area contributed by atoms with Crippen molar-refractivity contribution in [3.8, 4) is 0 Å². The van der Waals surface area contributed by atoms with Crippen LogP contribution in [0.3, 0.4) is 0 Å². The quantitative estimate of drug-likeness (QED) is 0.316. The Balaban J connectivity index is 3.35. The first-order valence-corrected chi connectivity index (χ1v) is 2.38. The normalized spacial score (nSPS) is 13.0. The lowest BCUT2D eigenvalue weighted by molar-refractivity contribution is 0.389. The maximum absolute atomic E-state index is 6.84. The maximum Gasteiger partial charge on any atom is 0.198 e. The largest absolute Gasteiger partial charge is 0.483 e. The second-order valence-electron chi connectivity index (χ2n) is 1.18. The molecule has 0 saturated carbocycles. The van der Waals surface area contributed by atoms with Crippen molar-refractivity contribution in [1.29, 1.82) is 5.41 Å². The van der Waals surface area contributed by atoms with E-state index >= 15 is 0 Å². The molecule has 0 saturated heterocycles. The van der Waals surface area contributed by atoms with Gasteiger partial charge in [-0.3, -0.25) is 5.41 Å². The highest BCUT2D eigenvalue weighted by Crippen LogP contribution is 1.94. The molecule has 42 valence electrons. The van der Waals surface area contributed by atoms with Crippen LogP contribution in [0.2, 0.25) is 0 Å². The zero-order valence-electron chi connectivity index (χ0n) is 4.36. The van der Waals surface area contributed by atoms with Crippen LogP contribution in [0.1, 0.15) is 6.92 Å². The Kier molecular flexibility index (Phi) is 2.76. The van der Waals surface area contributed by atoms with E-state index in [0.717, 1.165) is 0 Å². The molecule has 0 aromatic heterocycles. The number of methoxy groups -OCH3 is 1. The number of halogens is 1. The van der Waals surface area contributed by atoms with E-state index in [4.69, 9.17) is 17.0 Å². The van der Waals surface area contributed by atoms with Crippen LogP contribution >= 0.6 is 11.6 Å². The minimum atomic E-state index is -0.301. The van der Waals surface area contributed by atoms with Gasteiger partial charge in [-0.25, -0.2) is 0 Å². The van der Waals surface area contributed by atoms with Crippen LogP contribution in [0.25, 0.3) is 0 Å². The van der Waals surface area contributed by atoms with E-state index in [-0.39, 0.29) is 11.3 Å². The molecular formula is C4H8ClNO. The van der Waals surface area contributed by atoms with E-state index in [1.807, 2.05) is 0 Å². The monoisotopic (exact) mass is 121 g/mol. The molecule has 0 aromatic carbocycles. The van der Waals surface area contributed by atoms with Crippen LogP contribution in [0.5, 0.6) is 0 Å². The first kappa shape index (κ1) is 6.76. The Morgan fingerprint density at radius 1 is 1.86 bits per heavy atom. The van der Waals surface area contributed by atoms with Crippen molar-refractivity contribution in [2.24, 2.45) is 0 Å². The van der Waals surface area contributed by atoms with Gasteiger partial charge in [0.15, 0.2) is 5.90 Å². The van der Waals surface area contributed by atoms with Crippen molar-refractivity contribution in [3.05, 3.63) is 0 Å². The first-order valence-electron chi connectivity index (χ1n) is 1.95. The summed E-state index contributed by atoms with van der Waals surface area (Å²) in [6.45, 7) is 1.69. The van der Waals surface area contributed by atoms with Gasteiger partial charge in [0, 0.05) is 0 Å². The Morgan fingerprint density at radius 3 is 2.29 bits per heavy atom. The van der Waals surface area contributed by atoms with Gasteiger partial charge in [0.1, 0.15) is 5.38 Å². The molecule has 0 aromatic rings. The minimum Gasteiger partial charge on any atom is -0.483 e. The molecule has 1 N–H and O–H groups in total. The van der Waals surface area contributed by atoms with Gasteiger partial charge in [0.05, 0.1) is 7.11 Å². The van der Waals surface area contributed by atoms with Gasteiger partial charge in [-0.05, 0) is 6.92 Å². The Labute approximate surface area is 47.9 Å². The van der Waals surface area contributed by atoms with E-state index in [2.05, 4.69) is 4.74 Å². The molecule has 1 atom stereocenters. The highest BCUT2D eigenvalue weighted by Gasteiger charge is 2.00. The summed E-state index contributed by atoms with van der Waals surface area (Å²) in [5.74, 6) is 0.113. The summed E-state index contributed by atoms with van der Waals surface area (Å²) in [5.41, 5.74) is 0. The van der Waals surface area contributed by atoms with Crippen LogP contribution in [0.15, 0.2) is 0 Å². The van der Waals surface area contributed by atoms with E-state index in [0.29, 0.717) is 0 Å². The molecule has 0 aliphatic rings. The fraction of sp³-hybridized carbons (Fsp3) is 0.750. The van der Waals surface area contributed by atoms with Gasteiger partial charge >= 0.3 is 0 Å². The van der Waals surface area contributed by atoms with Crippen molar-refractivity contribution in [2.45, 2.75) is 12.3 Å². The molecule has 0 aliphatic heterocycles. The van der Waals surface area contributed by atoms with Gasteiger partial charge in [-0.15, -0.1) is 11.6 Å². The standard InChI is InChI=1S/C4H8ClNO/c1-3(5)4(6)7-2/h3,6H,1-2H3. The van der Waals surface area contributed by atoms with Gasteiger partial charge in [0.2, 0.25) is 0 Å². The van der Waals surface area contributed by atoms with Gasteiger partial charge in [-0.1, -0.05) is 0 Å². The van der Waals surface area contributed by atoms with Crippen molar-refractivity contribution in [1.82, 2.24) is 0 Å². The molecule has 0 radical (unpaired) electrons. The minimum absolute atomic E-state index is 0.113. The summed E-state index contributed by atoms with van der Waals surface area (Å²) in [5, 5.41) is 6.54. The highest BCUT2D eigenvalue weighted by atomic mass is 35.5. The molecule has 0 spiro atoms. The lowest BCUT2D eigenvalue weighted by Gasteiger charge is -2.00. The molecule has 7 heavy (non-hydrogen) atoms. The third-order valence-corrected chi connectivity index (χ3v) is 0.779. The Morgan fingerprint density at radius 2 is 2.29 bits per heavy atom. The van der Waals surface area contributed by atoms with E-state index in [1.165, 1.54) is 7.11 Å². The first-order chi connectivity index (χ1) is 3.18. The fourth-order valence-electron chi connectivity index (χ4n) is 0.162. The summed E-state index contributed by atoms with van der Waals surface area (Å²) < 4.78 is 4.46. The zero-order valence-corrected chi connectivity index (χ0v) is 5.12. The third kappa shape index (κ3) is 2.45. The van der Waals surface area contributed by atoms with Crippen molar-refractivity contribution in [2.75, 3.05) is 7.11 Å². The number of nitrogens with one attached hydrogen (secondary N) is 1. The molecule has 1 unspecified atom stereocenters. The predicted molar refractivity (Wildman–Crippen MR) is 30.1 cm³/mol. The number of alkyl halides is 1. The van der Waals surface area contributed by atoms with Crippen LogP contribution in [0, 0.1) is 5.41 Å². The maximum atomic E-state index is 6.84. The summed E-state index contributed by atoms with van der Waals surface area (Å²) >= 11 is 5.38. The molecule has 0 amide bonds. The van der Waals surface area contributed by atoms with E-state index in [1.54, 1.807) is 6.92 Å². The molecular weight excluding hydrogens is 114 g/mol. The van der Waals surface area contributed by atoms with Crippen LogP contribution in [-0.4, -0.2) is 18.4 Å². The van der Waals surface area contributed by atoms with Gasteiger partial charge in [-0.2, -0.15) is 0 Å². The molecule has 0 fully saturated rings. The van der Waals surface area contributed by atoms with Crippen LogP contribution in [-0.2, 0) is 4.74 Å². The molecule has 2 nitrogen and oxygen atoms in total. The van der Waals surface area contributed by atoms with E-state index < -0.39 is 0 Å². The van der Waals surface area contributed by atoms with E-state index in [9.17, 15) is 0 Å². The fourth-order valence-corrected chi connectivity index (χ4v) is 0.251. The SMILES string of the molecule is COC(=N)C(C)Cl. The Bertz CT molecular complexity index is 72.1. The van der Waals surface area contributed by atoms with Crippen LogP contribution < -0.4 is 0 Å². The summed E-state index contributed by atoms with van der Waals surface area (Å²) in [6.07, 6.45) is 0. The zero-order chi connectivity index (χ0) is 5.86. The van der Waals surface area contributed by atoms with Gasteiger partial charge in [0.25, 0.3) is 0 Å². The average Bonchev–Trinajstić information content (AvgIpc) is 1.65. The lowest BCUT2D eigenvalue weighted by atomic mass is 10.5. The van der Waals surface area contributed by atoms with Crippen LogP contribution in [0.4, 0.5) is 0 Å². The molecule has 0 aliphatic carbocycles. The molecule has 0 heterocycles. The molecule has 0 rings (SSSR count). The summed E-state index contributed by atoms with van der Waals surface area (Å²) in [6, 6.07) is 0. The summed E-state index contributed by atoms with van der Waals surface area (Å²) in [4.78, 5) is 0. The topological polar surface area (TPSA) is 33.1 Å². The molecule has 0 bridgehead atoms. The van der Waals surface area contributed by atoms with Crippen molar-refractivity contribution >= 4 is 17.5 Å². The smallest absolute Gasteiger partial charge is 0.198 e. The predicted octanol–water partition coefficient (Wildman–Crippen LogP) is 1.24. The summed E-state index contributed by atoms with van der Waals surface area (Å²) in [7, 11) is 1.43. The van der Waals surface area contributed by atoms with Crippen molar-refractivity contribution in [3.63, 3.8) is 0 Å². The lowest BCUT2D eigenvalue weighted by Crippen LogP contribution is -2.09. The number of rotatable bonds is 1. The van der Waals surface area contributed by atoms with Gasteiger partial charge < -0.3 is 4.74 Å². The highest BCUT2D eigenvalue weighted by molar-refractivity contribution is 6.29. The number of hydrogen-bond donors (Lipinski definition) is 1. The molecule has 3 heteroatoms. The second kappa shape index (κ2) is 2.86. The number of ether oxygens (including phenoxy) is 1. The third-order valence-electron chi connectivity index (χ3n) is 0.581.